The van der Waals surface area contributed by atoms with E-state index >= 15 is 0 Å². The molecule has 0 aromatic heterocycles. The van der Waals surface area contributed by atoms with Crippen molar-refractivity contribution in [2.45, 2.75) is 25.8 Å². The van der Waals surface area contributed by atoms with Crippen LogP contribution in [0.15, 0.2) is 54.1 Å². The Morgan fingerprint density at radius 1 is 1.03 bits per heavy atom. The van der Waals surface area contributed by atoms with Gasteiger partial charge in [0.2, 0.25) is 0 Å². The molecular weight excluding hydrogens is 394 g/mol. The fourth-order valence-corrected chi connectivity index (χ4v) is 3.50. The SMILES string of the molecule is Cc1ccc(C(O)=C2C(=O)C(=O)N(CCCC(=O)O)[C@@H]2c2ccc(Cl)cc2)cc1. The summed E-state index contributed by atoms with van der Waals surface area (Å²) < 4.78 is 0. The number of ketones is 1. The van der Waals surface area contributed by atoms with Crippen LogP contribution in [-0.4, -0.2) is 39.3 Å². The zero-order valence-electron chi connectivity index (χ0n) is 15.8. The van der Waals surface area contributed by atoms with Crippen molar-refractivity contribution < 1.29 is 24.6 Å². The highest BCUT2D eigenvalue weighted by Gasteiger charge is 2.45. The first-order valence-electron chi connectivity index (χ1n) is 9.12. The minimum atomic E-state index is -0.982. The number of aryl methyl sites for hydroxylation is 1. The van der Waals surface area contributed by atoms with Crippen LogP contribution in [0.25, 0.3) is 5.76 Å². The molecule has 150 valence electrons. The number of halogens is 1. The molecule has 2 aromatic rings. The number of amides is 1. The number of Topliss-reactive ketones (excluding diaryl/α,β-unsaturated/α-hetero) is 1. The van der Waals surface area contributed by atoms with Crippen LogP contribution >= 0.6 is 11.6 Å². The molecule has 1 saturated heterocycles. The fourth-order valence-electron chi connectivity index (χ4n) is 3.37. The molecule has 1 heterocycles. The molecule has 0 aliphatic carbocycles. The van der Waals surface area contributed by atoms with Crippen LogP contribution in [0.4, 0.5) is 0 Å². The zero-order valence-corrected chi connectivity index (χ0v) is 16.5. The topological polar surface area (TPSA) is 94.9 Å². The van der Waals surface area contributed by atoms with Crippen molar-refractivity contribution in [3.63, 3.8) is 0 Å². The van der Waals surface area contributed by atoms with Gasteiger partial charge in [0.1, 0.15) is 5.76 Å². The number of rotatable bonds is 6. The number of carbonyl (C=O) groups excluding carboxylic acids is 2. The van der Waals surface area contributed by atoms with Crippen molar-refractivity contribution in [1.82, 2.24) is 4.90 Å². The summed E-state index contributed by atoms with van der Waals surface area (Å²) in [6.45, 7) is 1.98. The third-order valence-corrected chi connectivity index (χ3v) is 5.09. The highest BCUT2D eigenvalue weighted by molar-refractivity contribution is 6.46. The molecule has 1 aliphatic rings. The van der Waals surface area contributed by atoms with Gasteiger partial charge in [-0.25, -0.2) is 0 Å². The average molecular weight is 414 g/mol. The number of carboxylic acid groups (broad SMARTS) is 1. The highest BCUT2D eigenvalue weighted by Crippen LogP contribution is 2.39. The largest absolute Gasteiger partial charge is 0.507 e. The van der Waals surface area contributed by atoms with Gasteiger partial charge in [0.15, 0.2) is 0 Å². The van der Waals surface area contributed by atoms with Gasteiger partial charge in [-0.2, -0.15) is 0 Å². The van der Waals surface area contributed by atoms with E-state index in [9.17, 15) is 19.5 Å². The van der Waals surface area contributed by atoms with Gasteiger partial charge in [0, 0.05) is 23.6 Å². The van der Waals surface area contributed by atoms with E-state index in [1.807, 2.05) is 6.92 Å². The molecule has 0 spiro atoms. The van der Waals surface area contributed by atoms with Gasteiger partial charge in [0.05, 0.1) is 11.6 Å². The Morgan fingerprint density at radius 3 is 2.24 bits per heavy atom. The van der Waals surface area contributed by atoms with E-state index in [-0.39, 0.29) is 30.7 Å². The molecule has 1 aliphatic heterocycles. The Hall–Kier alpha value is -3.12. The number of carboxylic acids is 1. The average Bonchev–Trinajstić information content (AvgIpc) is 2.93. The lowest BCUT2D eigenvalue weighted by Gasteiger charge is -2.25. The lowest BCUT2D eigenvalue weighted by Crippen LogP contribution is -2.31. The van der Waals surface area contributed by atoms with Crippen molar-refractivity contribution in [3.8, 4) is 0 Å². The number of aliphatic hydroxyl groups excluding tert-OH is 1. The smallest absolute Gasteiger partial charge is 0.303 e. The molecule has 1 atom stereocenters. The molecule has 0 saturated carbocycles. The van der Waals surface area contributed by atoms with Crippen LogP contribution in [-0.2, 0) is 14.4 Å². The summed E-state index contributed by atoms with van der Waals surface area (Å²) in [5, 5.41) is 20.3. The van der Waals surface area contributed by atoms with Crippen LogP contribution in [0.5, 0.6) is 0 Å². The van der Waals surface area contributed by atoms with E-state index in [1.165, 1.54) is 4.90 Å². The maximum Gasteiger partial charge on any atom is 0.303 e. The number of carbonyl (C=O) groups is 3. The normalized spacial score (nSPS) is 18.3. The van der Waals surface area contributed by atoms with Crippen molar-refractivity contribution in [3.05, 3.63) is 75.8 Å². The Balaban J connectivity index is 2.08. The monoisotopic (exact) mass is 413 g/mol. The molecule has 3 rings (SSSR count). The van der Waals surface area contributed by atoms with E-state index in [0.717, 1.165) is 5.56 Å². The summed E-state index contributed by atoms with van der Waals surface area (Å²) in [5.74, 6) is -2.80. The van der Waals surface area contributed by atoms with E-state index in [1.54, 1.807) is 48.5 Å². The summed E-state index contributed by atoms with van der Waals surface area (Å²) in [4.78, 5) is 37.7. The molecule has 0 radical (unpaired) electrons. The van der Waals surface area contributed by atoms with Crippen LogP contribution in [0.1, 0.15) is 35.6 Å². The Kier molecular flexibility index (Phi) is 6.03. The van der Waals surface area contributed by atoms with Crippen LogP contribution in [0, 0.1) is 6.92 Å². The van der Waals surface area contributed by atoms with Crippen molar-refractivity contribution in [2.24, 2.45) is 0 Å². The maximum absolute atomic E-state index is 12.8. The summed E-state index contributed by atoms with van der Waals surface area (Å²) >= 11 is 5.97. The van der Waals surface area contributed by atoms with Crippen LogP contribution < -0.4 is 0 Å². The quantitative estimate of drug-likeness (QED) is 0.425. The summed E-state index contributed by atoms with van der Waals surface area (Å²) in [7, 11) is 0. The van der Waals surface area contributed by atoms with Crippen molar-refractivity contribution in [2.75, 3.05) is 6.54 Å². The second kappa shape index (κ2) is 8.49. The number of hydrogen-bond donors (Lipinski definition) is 2. The van der Waals surface area contributed by atoms with Gasteiger partial charge in [-0.3, -0.25) is 14.4 Å². The Morgan fingerprint density at radius 2 is 1.66 bits per heavy atom. The molecule has 7 heteroatoms. The van der Waals surface area contributed by atoms with Crippen molar-refractivity contribution >= 4 is 35.0 Å². The number of benzene rings is 2. The van der Waals surface area contributed by atoms with E-state index in [0.29, 0.717) is 16.1 Å². The van der Waals surface area contributed by atoms with Gasteiger partial charge in [-0.05, 0) is 31.0 Å². The maximum atomic E-state index is 12.8. The lowest BCUT2D eigenvalue weighted by molar-refractivity contribution is -0.140. The number of nitrogens with zero attached hydrogens (tertiary/aromatic N) is 1. The molecule has 1 amide bonds. The predicted molar refractivity (Wildman–Crippen MR) is 109 cm³/mol. The van der Waals surface area contributed by atoms with Crippen LogP contribution in [0.2, 0.25) is 5.02 Å². The summed E-state index contributed by atoms with van der Waals surface area (Å²) in [6.07, 6.45) is 0.0608. The first-order chi connectivity index (χ1) is 13.8. The second-order valence-corrected chi connectivity index (χ2v) is 7.34. The van der Waals surface area contributed by atoms with Crippen molar-refractivity contribution in [1.29, 1.82) is 0 Å². The minimum Gasteiger partial charge on any atom is -0.507 e. The molecule has 2 aromatic carbocycles. The molecule has 1 fully saturated rings. The van der Waals surface area contributed by atoms with E-state index in [4.69, 9.17) is 16.7 Å². The third kappa shape index (κ3) is 4.32. The van der Waals surface area contributed by atoms with E-state index in [2.05, 4.69) is 0 Å². The molecule has 0 unspecified atom stereocenters. The fraction of sp³-hybridized carbons (Fsp3) is 0.227. The Labute approximate surface area is 173 Å². The molecular formula is C22H20ClNO5. The third-order valence-electron chi connectivity index (χ3n) is 4.84. The Bertz CT molecular complexity index is 979. The summed E-state index contributed by atoms with van der Waals surface area (Å²) in [5.41, 5.74) is 2.01. The molecule has 0 bridgehead atoms. The minimum absolute atomic E-state index is 0.0171. The van der Waals surface area contributed by atoms with Gasteiger partial charge in [-0.1, -0.05) is 53.6 Å². The first kappa shape index (κ1) is 20.6. The lowest BCUT2D eigenvalue weighted by atomic mass is 9.95. The molecule has 2 N–H and O–H groups in total. The zero-order chi connectivity index (χ0) is 21.1. The van der Waals surface area contributed by atoms with Gasteiger partial charge >= 0.3 is 5.97 Å². The molecule has 6 nitrogen and oxygen atoms in total. The number of hydrogen-bond acceptors (Lipinski definition) is 4. The number of aliphatic hydroxyl groups is 1. The standard InChI is InChI=1S/C22H20ClNO5/c1-13-4-6-15(7-5-13)20(27)18-19(14-8-10-16(23)11-9-14)24(22(29)21(18)28)12-2-3-17(25)26/h4-11,19,27H,2-3,12H2,1H3,(H,25,26)/t19-/m1/s1. The first-order valence-corrected chi connectivity index (χ1v) is 9.50. The highest BCUT2D eigenvalue weighted by atomic mass is 35.5. The van der Waals surface area contributed by atoms with Gasteiger partial charge < -0.3 is 15.1 Å². The van der Waals surface area contributed by atoms with E-state index < -0.39 is 23.7 Å². The summed E-state index contributed by atoms with van der Waals surface area (Å²) in [6, 6.07) is 12.8. The number of aliphatic carboxylic acids is 1. The number of likely N-dealkylation sites (tertiary alicyclic amines) is 1. The molecule has 29 heavy (non-hydrogen) atoms. The van der Waals surface area contributed by atoms with Gasteiger partial charge in [-0.15, -0.1) is 0 Å². The van der Waals surface area contributed by atoms with Gasteiger partial charge in [0.25, 0.3) is 11.7 Å². The predicted octanol–water partition coefficient (Wildman–Crippen LogP) is 3.93. The van der Waals surface area contributed by atoms with Crippen LogP contribution in [0.3, 0.4) is 0 Å². The second-order valence-electron chi connectivity index (χ2n) is 6.91.